The number of thiophene rings is 1. The number of amides is 1. The minimum absolute atomic E-state index is 0.0319. The van der Waals surface area contributed by atoms with Gasteiger partial charge >= 0.3 is 12.1 Å². The van der Waals surface area contributed by atoms with Gasteiger partial charge in [0.25, 0.3) is 0 Å². The van der Waals surface area contributed by atoms with Crippen LogP contribution >= 0.6 is 27.3 Å². The van der Waals surface area contributed by atoms with Crippen LogP contribution < -0.4 is 0 Å². The summed E-state index contributed by atoms with van der Waals surface area (Å²) in [6.07, 6.45) is 1.04. The van der Waals surface area contributed by atoms with Crippen LogP contribution in [0, 0.1) is 11.8 Å². The van der Waals surface area contributed by atoms with Gasteiger partial charge in [-0.1, -0.05) is 15.9 Å². The number of nitrogens with zero attached hydrogens (tertiary/aromatic N) is 1. The average Bonchev–Trinajstić information content (AvgIpc) is 3.23. The van der Waals surface area contributed by atoms with Gasteiger partial charge < -0.3 is 14.4 Å². The van der Waals surface area contributed by atoms with Crippen molar-refractivity contribution in [2.45, 2.75) is 65.6 Å². The van der Waals surface area contributed by atoms with Crippen molar-refractivity contribution in [1.29, 1.82) is 0 Å². The first-order chi connectivity index (χ1) is 14.3. The zero-order chi connectivity index (χ0) is 23.0. The zero-order valence-electron chi connectivity index (χ0n) is 19.2. The number of hydrogen-bond donors (Lipinski definition) is 0. The molecule has 1 amide bonds. The predicted molar refractivity (Wildman–Crippen MR) is 128 cm³/mol. The molecule has 1 fully saturated rings. The summed E-state index contributed by atoms with van der Waals surface area (Å²) in [5.74, 6) is -0.481. The summed E-state index contributed by atoms with van der Waals surface area (Å²) >= 11 is 5.24. The minimum atomic E-state index is -0.557. The third-order valence-electron chi connectivity index (χ3n) is 5.21. The van der Waals surface area contributed by atoms with Crippen LogP contribution in [-0.2, 0) is 20.7 Å². The van der Waals surface area contributed by atoms with Crippen molar-refractivity contribution < 1.29 is 19.1 Å². The Balaban J connectivity index is 1.82. The number of carbonyl (C=O) groups is 2. The second kappa shape index (κ2) is 9.10. The molecule has 170 valence electrons. The lowest BCUT2D eigenvalue weighted by Gasteiger charge is -2.28. The highest BCUT2D eigenvalue weighted by atomic mass is 79.9. The summed E-state index contributed by atoms with van der Waals surface area (Å²) in [4.78, 5) is 27.5. The molecule has 0 spiro atoms. The maximum atomic E-state index is 13.2. The van der Waals surface area contributed by atoms with Crippen molar-refractivity contribution in [2.24, 2.45) is 11.8 Å². The highest BCUT2D eigenvalue weighted by Crippen LogP contribution is 2.35. The molecule has 2 aromatic rings. The fraction of sp³-hybridized carbons (Fsp3) is 0.583. The van der Waals surface area contributed by atoms with E-state index in [1.54, 1.807) is 16.2 Å². The third-order valence-corrected chi connectivity index (χ3v) is 6.72. The highest BCUT2D eigenvalue weighted by Gasteiger charge is 2.39. The van der Waals surface area contributed by atoms with Crippen LogP contribution in [0.3, 0.4) is 0 Å². The van der Waals surface area contributed by atoms with E-state index in [9.17, 15) is 9.59 Å². The Kier molecular flexibility index (Phi) is 7.06. The molecule has 1 aromatic carbocycles. The Morgan fingerprint density at radius 3 is 2.48 bits per heavy atom. The molecule has 2 heterocycles. The average molecular weight is 510 g/mol. The van der Waals surface area contributed by atoms with Crippen molar-refractivity contribution in [2.75, 3.05) is 13.1 Å². The van der Waals surface area contributed by atoms with E-state index in [2.05, 4.69) is 33.4 Å². The molecule has 1 saturated heterocycles. The topological polar surface area (TPSA) is 55.8 Å². The molecule has 0 saturated carbocycles. The Morgan fingerprint density at radius 2 is 1.84 bits per heavy atom. The summed E-state index contributed by atoms with van der Waals surface area (Å²) in [5, 5.41) is 3.30. The summed E-state index contributed by atoms with van der Waals surface area (Å²) in [7, 11) is 0. The molecule has 1 aliphatic heterocycles. The first kappa shape index (κ1) is 24.1. The molecule has 0 aliphatic carbocycles. The van der Waals surface area contributed by atoms with E-state index in [4.69, 9.17) is 9.47 Å². The van der Waals surface area contributed by atoms with Gasteiger partial charge in [0.1, 0.15) is 11.2 Å². The first-order valence-corrected chi connectivity index (χ1v) is 12.4. The van der Waals surface area contributed by atoms with Gasteiger partial charge in [0, 0.05) is 22.3 Å². The number of halogens is 1. The lowest BCUT2D eigenvalue weighted by molar-refractivity contribution is -0.161. The molecular formula is C24H32BrNO4S. The quantitative estimate of drug-likeness (QED) is 0.446. The standard InChI is InChI=1S/C24H32BrNO4S/c1-23(2,3)29-21(27)19(11-16-14-31-20-8-7-17(25)12-18(16)20)15-9-10-26(13-15)22(28)30-24(4,5)6/h7-8,12,14-15,19H,9-11,13H2,1-6H3/t15-,19-/m0/s1. The molecule has 3 rings (SSSR count). The van der Waals surface area contributed by atoms with Crippen LogP contribution in [-0.4, -0.2) is 41.3 Å². The predicted octanol–water partition coefficient (Wildman–Crippen LogP) is 6.42. The normalized spacial score (nSPS) is 18.3. The number of esters is 1. The van der Waals surface area contributed by atoms with Gasteiger partial charge in [0.15, 0.2) is 0 Å². The van der Waals surface area contributed by atoms with Gasteiger partial charge in [-0.25, -0.2) is 4.79 Å². The zero-order valence-corrected chi connectivity index (χ0v) is 21.6. The number of carbonyl (C=O) groups excluding carboxylic acids is 2. The van der Waals surface area contributed by atoms with Crippen LogP contribution in [0.4, 0.5) is 4.79 Å². The maximum absolute atomic E-state index is 13.2. The van der Waals surface area contributed by atoms with Gasteiger partial charge in [-0.2, -0.15) is 0 Å². The molecule has 0 N–H and O–H groups in total. The van der Waals surface area contributed by atoms with E-state index in [1.807, 2.05) is 47.6 Å². The summed E-state index contributed by atoms with van der Waals surface area (Å²) in [5.41, 5.74) is 0.0502. The number of rotatable bonds is 4. The van der Waals surface area contributed by atoms with Gasteiger partial charge in [-0.05, 0) is 94.8 Å². The molecule has 1 aliphatic rings. The number of likely N-dealkylation sites (tertiary alicyclic amines) is 1. The van der Waals surface area contributed by atoms with Crippen molar-refractivity contribution in [3.05, 3.63) is 33.6 Å². The summed E-state index contributed by atoms with van der Waals surface area (Å²) < 4.78 is 13.5. The van der Waals surface area contributed by atoms with Gasteiger partial charge in [0.05, 0.1) is 5.92 Å². The summed E-state index contributed by atoms with van der Waals surface area (Å²) in [6.45, 7) is 12.4. The Morgan fingerprint density at radius 1 is 1.16 bits per heavy atom. The highest BCUT2D eigenvalue weighted by molar-refractivity contribution is 9.10. The lowest BCUT2D eigenvalue weighted by atomic mass is 9.86. The van der Waals surface area contributed by atoms with Crippen LogP contribution in [0.1, 0.15) is 53.5 Å². The second-order valence-corrected chi connectivity index (χ2v) is 12.0. The summed E-state index contributed by atoms with van der Waals surface area (Å²) in [6, 6.07) is 6.23. The lowest BCUT2D eigenvalue weighted by Crippen LogP contribution is -2.38. The molecule has 7 heteroatoms. The monoisotopic (exact) mass is 509 g/mol. The van der Waals surface area contributed by atoms with E-state index in [-0.39, 0.29) is 23.9 Å². The van der Waals surface area contributed by atoms with Crippen LogP contribution in [0.15, 0.2) is 28.1 Å². The van der Waals surface area contributed by atoms with Crippen LogP contribution in [0.5, 0.6) is 0 Å². The van der Waals surface area contributed by atoms with E-state index < -0.39 is 11.2 Å². The maximum Gasteiger partial charge on any atom is 0.410 e. The van der Waals surface area contributed by atoms with Crippen molar-refractivity contribution in [3.63, 3.8) is 0 Å². The van der Waals surface area contributed by atoms with Crippen molar-refractivity contribution in [3.8, 4) is 0 Å². The smallest absolute Gasteiger partial charge is 0.410 e. The van der Waals surface area contributed by atoms with Crippen LogP contribution in [0.25, 0.3) is 10.1 Å². The molecule has 2 atom stereocenters. The van der Waals surface area contributed by atoms with E-state index in [1.165, 1.54) is 4.70 Å². The van der Waals surface area contributed by atoms with E-state index in [0.29, 0.717) is 19.5 Å². The Bertz CT molecular complexity index is 957. The number of ether oxygens (including phenoxy) is 2. The van der Waals surface area contributed by atoms with Gasteiger partial charge in [-0.15, -0.1) is 11.3 Å². The van der Waals surface area contributed by atoms with Crippen molar-refractivity contribution in [1.82, 2.24) is 4.90 Å². The second-order valence-electron chi connectivity index (χ2n) is 10.2. The molecule has 0 unspecified atom stereocenters. The number of benzene rings is 1. The van der Waals surface area contributed by atoms with Gasteiger partial charge in [-0.3, -0.25) is 4.79 Å². The van der Waals surface area contributed by atoms with E-state index >= 15 is 0 Å². The van der Waals surface area contributed by atoms with E-state index in [0.717, 1.165) is 21.8 Å². The number of hydrogen-bond acceptors (Lipinski definition) is 5. The molecule has 0 bridgehead atoms. The molecular weight excluding hydrogens is 478 g/mol. The minimum Gasteiger partial charge on any atom is -0.460 e. The van der Waals surface area contributed by atoms with Crippen molar-refractivity contribution >= 4 is 49.4 Å². The molecule has 5 nitrogen and oxygen atoms in total. The Labute approximate surface area is 197 Å². The third kappa shape index (κ3) is 6.45. The number of fused-ring (bicyclic) bond motifs is 1. The van der Waals surface area contributed by atoms with Gasteiger partial charge in [0.2, 0.25) is 0 Å². The fourth-order valence-corrected chi connectivity index (χ4v) is 5.19. The fourth-order valence-electron chi connectivity index (χ4n) is 3.88. The SMILES string of the molecule is CC(C)(C)OC(=O)[C@@H](Cc1csc2ccc(Br)cc12)[C@H]1CCN(C(=O)OC(C)(C)C)C1. The first-order valence-electron chi connectivity index (χ1n) is 10.7. The largest absolute Gasteiger partial charge is 0.460 e. The molecule has 0 radical (unpaired) electrons. The molecule has 1 aromatic heterocycles. The van der Waals surface area contributed by atoms with Crippen LogP contribution in [0.2, 0.25) is 0 Å². The Hall–Kier alpha value is -1.60. The molecule has 31 heavy (non-hydrogen) atoms.